The van der Waals surface area contributed by atoms with E-state index < -0.39 is 31.7 Å². The highest BCUT2D eigenvalue weighted by Gasteiger charge is 2.17. The van der Waals surface area contributed by atoms with E-state index in [1.165, 1.54) is 61.1 Å². The number of esters is 1. The van der Waals surface area contributed by atoms with Crippen LogP contribution >= 0.6 is 11.3 Å². The normalized spacial score (nSPS) is 12.8. The number of aromatic nitrogens is 1. The maximum atomic E-state index is 12.8. The van der Waals surface area contributed by atoms with Crippen LogP contribution in [0.25, 0.3) is 10.2 Å². The Morgan fingerprint density at radius 2 is 1.81 bits per heavy atom. The van der Waals surface area contributed by atoms with E-state index in [2.05, 4.69) is 4.99 Å². The smallest absolute Gasteiger partial charge is 0.325 e. The van der Waals surface area contributed by atoms with Crippen LogP contribution in [0.3, 0.4) is 0 Å². The number of sulfonamides is 1. The fourth-order valence-electron chi connectivity index (χ4n) is 2.80. The number of nitrogens with two attached hydrogens (primary N) is 1. The number of benzene rings is 2. The number of carbonyl (C=O) groups is 2. The number of thiazole rings is 1. The minimum absolute atomic E-state index is 0.00220. The van der Waals surface area contributed by atoms with Crippen LogP contribution in [0, 0.1) is 0 Å². The molecule has 0 saturated heterocycles. The summed E-state index contributed by atoms with van der Waals surface area (Å²) in [6.45, 7) is 1.22. The van der Waals surface area contributed by atoms with Crippen molar-refractivity contribution in [1.82, 2.24) is 4.57 Å². The van der Waals surface area contributed by atoms with E-state index in [4.69, 9.17) is 9.88 Å². The van der Waals surface area contributed by atoms with Crippen molar-refractivity contribution >= 4 is 53.3 Å². The highest BCUT2D eigenvalue weighted by Crippen LogP contribution is 2.22. The Labute approximate surface area is 187 Å². The van der Waals surface area contributed by atoms with Crippen molar-refractivity contribution in [2.24, 2.45) is 10.1 Å². The maximum absolute atomic E-state index is 12.8. The van der Waals surface area contributed by atoms with Gasteiger partial charge in [-0.1, -0.05) is 24.3 Å². The molecule has 1 aromatic heterocycles. The summed E-state index contributed by atoms with van der Waals surface area (Å²) < 4.78 is 54.1. The van der Waals surface area contributed by atoms with Crippen LogP contribution in [-0.2, 0) is 35.9 Å². The molecule has 0 unspecified atom stereocenters. The number of hydrogen-bond acceptors (Lipinski definition) is 8. The largest absolute Gasteiger partial charge is 0.468 e. The van der Waals surface area contributed by atoms with Crippen molar-refractivity contribution in [3.05, 3.63) is 52.8 Å². The highest BCUT2D eigenvalue weighted by molar-refractivity contribution is 7.91. The summed E-state index contributed by atoms with van der Waals surface area (Å²) in [5, 5.41) is 5.18. The van der Waals surface area contributed by atoms with Crippen molar-refractivity contribution in [2.75, 3.05) is 12.9 Å². The van der Waals surface area contributed by atoms with Crippen molar-refractivity contribution < 1.29 is 31.2 Å². The maximum Gasteiger partial charge on any atom is 0.325 e. The van der Waals surface area contributed by atoms with Crippen molar-refractivity contribution in [1.29, 1.82) is 0 Å². The predicted octanol–water partition coefficient (Wildman–Crippen LogP) is 1.06. The van der Waals surface area contributed by atoms with E-state index in [-0.39, 0.29) is 32.5 Å². The van der Waals surface area contributed by atoms with Crippen molar-refractivity contribution in [3.8, 4) is 0 Å². The Morgan fingerprint density at radius 3 is 2.44 bits per heavy atom. The van der Waals surface area contributed by atoms with E-state index in [0.29, 0.717) is 10.2 Å². The molecule has 13 heteroatoms. The van der Waals surface area contributed by atoms with Crippen LogP contribution in [0.4, 0.5) is 0 Å². The van der Waals surface area contributed by atoms with E-state index in [1.54, 1.807) is 0 Å². The standard InChI is InChI=1S/C19H19N3O7S3/c1-3-31(25,26)13-6-4-5-12(9-13)18(24)21-19-22(11-17(23)29-2)15-8-7-14(32(20,27)28)10-16(15)30-19/h4-10H,3,11H2,1-2H3,(H2,20,27,28). The second-order valence-electron chi connectivity index (χ2n) is 6.57. The molecule has 0 spiro atoms. The number of primary sulfonamides is 1. The first-order valence-corrected chi connectivity index (χ1v) is 13.1. The van der Waals surface area contributed by atoms with Gasteiger partial charge in [-0.25, -0.2) is 22.0 Å². The number of carbonyl (C=O) groups excluding carboxylic acids is 2. The summed E-state index contributed by atoms with van der Waals surface area (Å²) in [7, 11) is -6.28. The van der Waals surface area contributed by atoms with E-state index in [1.807, 2.05) is 0 Å². The van der Waals surface area contributed by atoms with Crippen LogP contribution in [0.2, 0.25) is 0 Å². The van der Waals surface area contributed by atoms with Crippen LogP contribution in [0.15, 0.2) is 57.2 Å². The molecule has 0 bridgehead atoms. The molecule has 2 N–H and O–H groups in total. The summed E-state index contributed by atoms with van der Waals surface area (Å²) in [6, 6.07) is 9.55. The first-order valence-electron chi connectivity index (χ1n) is 9.11. The second-order valence-corrected chi connectivity index (χ2v) is 11.4. The topological polar surface area (TPSA) is 155 Å². The number of methoxy groups -OCH3 is 1. The van der Waals surface area contributed by atoms with E-state index >= 15 is 0 Å². The number of rotatable bonds is 6. The fraction of sp³-hybridized carbons (Fsp3) is 0.211. The van der Waals surface area contributed by atoms with Gasteiger partial charge in [-0.3, -0.25) is 9.59 Å². The van der Waals surface area contributed by atoms with Crippen molar-refractivity contribution in [2.45, 2.75) is 23.3 Å². The van der Waals surface area contributed by atoms with Gasteiger partial charge in [0.1, 0.15) is 6.54 Å². The molecule has 0 fully saturated rings. The number of nitrogens with zero attached hydrogens (tertiary/aromatic N) is 2. The Morgan fingerprint density at radius 1 is 1.09 bits per heavy atom. The molecule has 3 rings (SSSR count). The summed E-state index contributed by atoms with van der Waals surface area (Å²) in [5.74, 6) is -1.45. The van der Waals surface area contributed by atoms with Crippen LogP contribution in [-0.4, -0.2) is 46.1 Å². The third-order valence-corrected chi connectivity index (χ3v) is 8.20. The third-order valence-electron chi connectivity index (χ3n) is 4.51. The van der Waals surface area contributed by atoms with Gasteiger partial charge >= 0.3 is 5.97 Å². The molecule has 3 aromatic rings. The zero-order chi connectivity index (χ0) is 23.7. The Hall–Kier alpha value is -2.87. The number of ether oxygens (including phenoxy) is 1. The van der Waals surface area contributed by atoms with Gasteiger partial charge in [0.05, 0.1) is 32.9 Å². The van der Waals surface area contributed by atoms with E-state index in [0.717, 1.165) is 11.3 Å². The molecule has 0 atom stereocenters. The molecular formula is C19H19N3O7S3. The third kappa shape index (κ3) is 4.96. The molecule has 0 aliphatic carbocycles. The van der Waals surface area contributed by atoms with Gasteiger partial charge in [0.2, 0.25) is 10.0 Å². The first kappa shape index (κ1) is 23.8. The molecule has 1 amide bonds. The highest BCUT2D eigenvalue weighted by atomic mass is 32.2. The van der Waals surface area contributed by atoms with Gasteiger partial charge in [0.25, 0.3) is 5.91 Å². The Kier molecular flexibility index (Phi) is 6.64. The second kappa shape index (κ2) is 8.94. The zero-order valence-corrected chi connectivity index (χ0v) is 19.5. The predicted molar refractivity (Wildman–Crippen MR) is 117 cm³/mol. The molecule has 1 heterocycles. The summed E-state index contributed by atoms with van der Waals surface area (Å²) in [4.78, 5) is 28.7. The number of amides is 1. The molecular weight excluding hydrogens is 478 g/mol. The minimum Gasteiger partial charge on any atom is -0.468 e. The van der Waals surface area contributed by atoms with Crippen LogP contribution < -0.4 is 9.94 Å². The average Bonchev–Trinajstić information content (AvgIpc) is 3.09. The lowest BCUT2D eigenvalue weighted by molar-refractivity contribution is -0.141. The van der Waals surface area contributed by atoms with Crippen LogP contribution in [0.5, 0.6) is 0 Å². The molecule has 0 saturated carbocycles. The summed E-state index contributed by atoms with van der Waals surface area (Å²) >= 11 is 0.973. The molecule has 10 nitrogen and oxygen atoms in total. The summed E-state index contributed by atoms with van der Waals surface area (Å²) in [5.41, 5.74) is 0.494. The average molecular weight is 498 g/mol. The SMILES string of the molecule is CCS(=O)(=O)c1cccc(C(=O)N=c2sc3cc(S(N)(=O)=O)ccc3n2CC(=O)OC)c1. The van der Waals surface area contributed by atoms with Gasteiger partial charge < -0.3 is 9.30 Å². The quantitative estimate of drug-likeness (QED) is 0.499. The summed E-state index contributed by atoms with van der Waals surface area (Å²) in [6.07, 6.45) is 0. The fourth-order valence-corrected chi connectivity index (χ4v) is 5.41. The Balaban J connectivity index is 2.18. The number of sulfone groups is 1. The van der Waals surface area contributed by atoms with Gasteiger partial charge in [-0.05, 0) is 36.4 Å². The lowest BCUT2D eigenvalue weighted by Crippen LogP contribution is -2.22. The molecule has 170 valence electrons. The first-order chi connectivity index (χ1) is 15.0. The van der Waals surface area contributed by atoms with E-state index in [9.17, 15) is 26.4 Å². The number of hydrogen-bond donors (Lipinski definition) is 1. The van der Waals surface area contributed by atoms with Gasteiger partial charge in [0.15, 0.2) is 14.6 Å². The molecule has 0 aliphatic heterocycles. The minimum atomic E-state index is -3.96. The molecule has 32 heavy (non-hydrogen) atoms. The van der Waals surface area contributed by atoms with Gasteiger partial charge in [0, 0.05) is 5.56 Å². The molecule has 0 aliphatic rings. The Bertz CT molecular complexity index is 1500. The van der Waals surface area contributed by atoms with Crippen molar-refractivity contribution in [3.63, 3.8) is 0 Å². The lowest BCUT2D eigenvalue weighted by Gasteiger charge is -2.05. The van der Waals surface area contributed by atoms with Gasteiger partial charge in [-0.15, -0.1) is 0 Å². The van der Waals surface area contributed by atoms with Gasteiger partial charge in [-0.2, -0.15) is 4.99 Å². The lowest BCUT2D eigenvalue weighted by atomic mass is 10.2. The monoisotopic (exact) mass is 497 g/mol. The molecule has 2 aromatic carbocycles. The van der Waals surface area contributed by atoms with Crippen LogP contribution in [0.1, 0.15) is 17.3 Å². The zero-order valence-electron chi connectivity index (χ0n) is 17.0. The molecule has 0 radical (unpaired) electrons. The number of fused-ring (bicyclic) bond motifs is 1.